The largest absolute Gasteiger partial charge is 0.315 e. The summed E-state index contributed by atoms with van der Waals surface area (Å²) in [6, 6.07) is 9.58. The number of likely N-dealkylation sites (N-methyl/N-ethyl adjacent to an activating group) is 1. The summed E-state index contributed by atoms with van der Waals surface area (Å²) in [7, 11) is -2.13. The standard InChI is InChI=1S/C15H13FN2O3S/c1-18-14-7-6-13(8-10(14)9-15(18)19)22(20,21)17-12-4-2-11(16)3-5-12/h2-8,17H,9H2,1H3. The van der Waals surface area contributed by atoms with Crippen LogP contribution in [0.5, 0.6) is 0 Å². The predicted molar refractivity (Wildman–Crippen MR) is 80.8 cm³/mol. The second-order valence-corrected chi connectivity index (χ2v) is 6.71. The van der Waals surface area contributed by atoms with Gasteiger partial charge in [0.05, 0.1) is 11.3 Å². The summed E-state index contributed by atoms with van der Waals surface area (Å²) < 4.78 is 39.9. The minimum absolute atomic E-state index is 0.0682. The Bertz CT molecular complexity index is 848. The molecule has 0 radical (unpaired) electrons. The summed E-state index contributed by atoms with van der Waals surface area (Å²) >= 11 is 0. The van der Waals surface area contributed by atoms with Gasteiger partial charge in [0.25, 0.3) is 10.0 Å². The first kappa shape index (κ1) is 14.5. The van der Waals surface area contributed by atoms with Crippen LogP contribution < -0.4 is 9.62 Å². The van der Waals surface area contributed by atoms with Gasteiger partial charge in [-0.1, -0.05) is 0 Å². The molecule has 0 aromatic heterocycles. The molecule has 5 nitrogen and oxygen atoms in total. The first-order valence-corrected chi connectivity index (χ1v) is 8.03. The second kappa shape index (κ2) is 5.10. The number of hydrogen-bond donors (Lipinski definition) is 1. The number of anilines is 2. The van der Waals surface area contributed by atoms with Gasteiger partial charge in [0, 0.05) is 18.4 Å². The summed E-state index contributed by atoms with van der Waals surface area (Å²) in [5, 5.41) is 0. The van der Waals surface area contributed by atoms with E-state index >= 15 is 0 Å². The zero-order valence-electron chi connectivity index (χ0n) is 11.7. The third kappa shape index (κ3) is 2.55. The van der Waals surface area contributed by atoms with Gasteiger partial charge in [-0.3, -0.25) is 9.52 Å². The Morgan fingerprint density at radius 1 is 1.14 bits per heavy atom. The molecule has 0 fully saturated rings. The molecule has 114 valence electrons. The molecule has 1 amide bonds. The number of sulfonamides is 1. The first-order chi connectivity index (χ1) is 10.4. The van der Waals surface area contributed by atoms with Crippen LogP contribution in [0.1, 0.15) is 5.56 Å². The van der Waals surface area contributed by atoms with Crippen molar-refractivity contribution in [2.45, 2.75) is 11.3 Å². The van der Waals surface area contributed by atoms with E-state index in [0.29, 0.717) is 11.3 Å². The molecule has 2 aromatic rings. The van der Waals surface area contributed by atoms with E-state index in [-0.39, 0.29) is 22.9 Å². The lowest BCUT2D eigenvalue weighted by atomic mass is 10.2. The van der Waals surface area contributed by atoms with Crippen LogP contribution in [-0.2, 0) is 21.2 Å². The summed E-state index contributed by atoms with van der Waals surface area (Å²) in [4.78, 5) is 13.2. The fourth-order valence-corrected chi connectivity index (χ4v) is 3.45. The van der Waals surface area contributed by atoms with Gasteiger partial charge in [-0.2, -0.15) is 0 Å². The van der Waals surface area contributed by atoms with E-state index in [9.17, 15) is 17.6 Å². The molecule has 3 rings (SSSR count). The topological polar surface area (TPSA) is 66.5 Å². The first-order valence-electron chi connectivity index (χ1n) is 6.55. The van der Waals surface area contributed by atoms with E-state index in [2.05, 4.69) is 4.72 Å². The van der Waals surface area contributed by atoms with E-state index < -0.39 is 15.8 Å². The highest BCUT2D eigenvalue weighted by Crippen LogP contribution is 2.30. The van der Waals surface area contributed by atoms with Crippen molar-refractivity contribution >= 4 is 27.3 Å². The number of benzene rings is 2. The van der Waals surface area contributed by atoms with Crippen molar-refractivity contribution in [3.63, 3.8) is 0 Å². The van der Waals surface area contributed by atoms with Crippen LogP contribution >= 0.6 is 0 Å². The van der Waals surface area contributed by atoms with Gasteiger partial charge in [0.2, 0.25) is 5.91 Å². The average Bonchev–Trinajstić information content (AvgIpc) is 2.76. The molecule has 1 aliphatic rings. The van der Waals surface area contributed by atoms with Crippen molar-refractivity contribution in [2.24, 2.45) is 0 Å². The Morgan fingerprint density at radius 3 is 2.50 bits per heavy atom. The molecule has 1 aliphatic heterocycles. The van der Waals surface area contributed by atoms with E-state index in [0.717, 1.165) is 0 Å². The zero-order chi connectivity index (χ0) is 15.9. The Balaban J connectivity index is 1.92. The molecule has 2 aromatic carbocycles. The van der Waals surface area contributed by atoms with Gasteiger partial charge >= 0.3 is 0 Å². The van der Waals surface area contributed by atoms with Crippen LogP contribution in [0.15, 0.2) is 47.4 Å². The number of carbonyl (C=O) groups excluding carboxylic acids is 1. The van der Waals surface area contributed by atoms with Crippen LogP contribution in [0.3, 0.4) is 0 Å². The smallest absolute Gasteiger partial charge is 0.261 e. The van der Waals surface area contributed by atoms with Crippen LogP contribution in [0.2, 0.25) is 0 Å². The van der Waals surface area contributed by atoms with Crippen molar-refractivity contribution in [1.82, 2.24) is 0 Å². The molecule has 0 unspecified atom stereocenters. The molecule has 0 spiro atoms. The minimum Gasteiger partial charge on any atom is -0.315 e. The maximum absolute atomic E-state index is 12.9. The van der Waals surface area contributed by atoms with Crippen molar-refractivity contribution < 1.29 is 17.6 Å². The second-order valence-electron chi connectivity index (χ2n) is 5.03. The predicted octanol–water partition coefficient (Wildman–Crippen LogP) is 2.15. The lowest BCUT2D eigenvalue weighted by molar-refractivity contribution is -0.117. The Morgan fingerprint density at radius 2 is 1.82 bits per heavy atom. The van der Waals surface area contributed by atoms with Crippen LogP contribution in [0, 0.1) is 5.82 Å². The summed E-state index contributed by atoms with van der Waals surface area (Å²) in [5.74, 6) is -0.516. The number of nitrogens with zero attached hydrogens (tertiary/aromatic N) is 1. The molecule has 0 atom stereocenters. The third-order valence-electron chi connectivity index (χ3n) is 3.53. The summed E-state index contributed by atoms with van der Waals surface area (Å²) in [6.07, 6.45) is 0.186. The average molecular weight is 320 g/mol. The van der Waals surface area contributed by atoms with Crippen LogP contribution in [0.25, 0.3) is 0 Å². The van der Waals surface area contributed by atoms with Gasteiger partial charge in [-0.25, -0.2) is 12.8 Å². The molecule has 0 aliphatic carbocycles. The SMILES string of the molecule is CN1C(=O)Cc2cc(S(=O)(=O)Nc3ccc(F)cc3)ccc21. The van der Waals surface area contributed by atoms with Gasteiger partial charge in [-0.15, -0.1) is 0 Å². The van der Waals surface area contributed by atoms with Gasteiger partial charge in [0.1, 0.15) is 5.82 Å². The Hall–Kier alpha value is -2.41. The maximum atomic E-state index is 12.9. The van der Waals surface area contributed by atoms with E-state index in [4.69, 9.17) is 0 Å². The lowest BCUT2D eigenvalue weighted by Crippen LogP contribution is -2.20. The number of hydrogen-bond acceptors (Lipinski definition) is 3. The minimum atomic E-state index is -3.78. The Labute approximate surface area is 127 Å². The van der Waals surface area contributed by atoms with E-state index in [1.54, 1.807) is 13.1 Å². The maximum Gasteiger partial charge on any atom is 0.261 e. The molecule has 1 N–H and O–H groups in total. The van der Waals surface area contributed by atoms with E-state index in [1.807, 2.05) is 0 Å². The van der Waals surface area contributed by atoms with Crippen LogP contribution in [-0.4, -0.2) is 21.4 Å². The zero-order valence-corrected chi connectivity index (χ0v) is 12.5. The summed E-state index contributed by atoms with van der Waals surface area (Å²) in [5.41, 5.74) is 1.66. The van der Waals surface area contributed by atoms with Crippen molar-refractivity contribution in [3.8, 4) is 0 Å². The molecule has 7 heteroatoms. The van der Waals surface area contributed by atoms with Gasteiger partial charge < -0.3 is 4.90 Å². The molecule has 0 saturated heterocycles. The molecule has 1 heterocycles. The van der Waals surface area contributed by atoms with E-state index in [1.165, 1.54) is 41.3 Å². The number of carbonyl (C=O) groups is 1. The normalized spacial score (nSPS) is 14.1. The number of amides is 1. The highest BCUT2D eigenvalue weighted by molar-refractivity contribution is 7.92. The van der Waals surface area contributed by atoms with Gasteiger partial charge in [0.15, 0.2) is 0 Å². The molecular weight excluding hydrogens is 307 g/mol. The number of halogens is 1. The van der Waals surface area contributed by atoms with Crippen molar-refractivity contribution in [1.29, 1.82) is 0 Å². The number of rotatable bonds is 3. The number of fused-ring (bicyclic) bond motifs is 1. The fraction of sp³-hybridized carbons (Fsp3) is 0.133. The van der Waals surface area contributed by atoms with Crippen molar-refractivity contribution in [3.05, 3.63) is 53.8 Å². The number of nitrogens with one attached hydrogen (secondary N) is 1. The van der Waals surface area contributed by atoms with Crippen molar-refractivity contribution in [2.75, 3.05) is 16.7 Å². The Kier molecular flexibility index (Phi) is 3.37. The highest BCUT2D eigenvalue weighted by atomic mass is 32.2. The van der Waals surface area contributed by atoms with Gasteiger partial charge in [-0.05, 0) is 48.0 Å². The van der Waals surface area contributed by atoms with Crippen LogP contribution in [0.4, 0.5) is 15.8 Å². The monoisotopic (exact) mass is 320 g/mol. The third-order valence-corrected chi connectivity index (χ3v) is 4.91. The fourth-order valence-electron chi connectivity index (χ4n) is 2.35. The highest BCUT2D eigenvalue weighted by Gasteiger charge is 2.26. The quantitative estimate of drug-likeness (QED) is 0.942. The molecule has 0 saturated carbocycles. The molecular formula is C15H13FN2O3S. The molecule has 22 heavy (non-hydrogen) atoms. The molecule has 0 bridgehead atoms. The lowest BCUT2D eigenvalue weighted by Gasteiger charge is -2.12. The summed E-state index contributed by atoms with van der Waals surface area (Å²) in [6.45, 7) is 0.